The SMILES string of the molecule is CCCC(=O)NCCc1nc2ccccc2n1CC(=O)Nc1ccc(OCC)cc1. The van der Waals surface area contributed by atoms with Crippen LogP contribution in [0.5, 0.6) is 5.75 Å². The lowest BCUT2D eigenvalue weighted by Gasteiger charge is -2.11. The molecule has 158 valence electrons. The molecule has 3 rings (SSSR count). The number of fused-ring (bicyclic) bond motifs is 1. The molecule has 0 bridgehead atoms. The van der Waals surface area contributed by atoms with E-state index in [0.29, 0.717) is 31.7 Å². The number of aromatic nitrogens is 2. The molecule has 3 aromatic rings. The number of carbonyl (C=O) groups excluding carboxylic acids is 2. The zero-order valence-electron chi connectivity index (χ0n) is 17.5. The molecule has 7 heteroatoms. The molecule has 0 radical (unpaired) electrons. The first-order valence-corrected chi connectivity index (χ1v) is 10.3. The fraction of sp³-hybridized carbons (Fsp3) is 0.348. The van der Waals surface area contributed by atoms with Gasteiger partial charge in [0, 0.05) is 25.1 Å². The molecule has 0 fully saturated rings. The van der Waals surface area contributed by atoms with Gasteiger partial charge >= 0.3 is 0 Å². The summed E-state index contributed by atoms with van der Waals surface area (Å²) in [5.74, 6) is 1.44. The number of nitrogens with zero attached hydrogens (tertiary/aromatic N) is 2. The highest BCUT2D eigenvalue weighted by molar-refractivity contribution is 5.91. The Morgan fingerprint density at radius 3 is 2.53 bits per heavy atom. The number of carbonyl (C=O) groups is 2. The fourth-order valence-electron chi connectivity index (χ4n) is 3.27. The first-order valence-electron chi connectivity index (χ1n) is 10.3. The Labute approximate surface area is 176 Å². The van der Waals surface area contributed by atoms with Crippen molar-refractivity contribution >= 4 is 28.5 Å². The van der Waals surface area contributed by atoms with Crippen molar-refractivity contribution in [1.29, 1.82) is 0 Å². The molecule has 2 aromatic carbocycles. The smallest absolute Gasteiger partial charge is 0.244 e. The summed E-state index contributed by atoms with van der Waals surface area (Å²) in [6.07, 6.45) is 1.89. The van der Waals surface area contributed by atoms with Crippen molar-refractivity contribution in [1.82, 2.24) is 14.9 Å². The lowest BCUT2D eigenvalue weighted by molar-refractivity contribution is -0.121. The molecule has 30 heavy (non-hydrogen) atoms. The Kier molecular flexibility index (Phi) is 7.43. The van der Waals surface area contributed by atoms with Gasteiger partial charge in [-0.2, -0.15) is 0 Å². The molecule has 0 saturated heterocycles. The van der Waals surface area contributed by atoms with E-state index in [1.54, 1.807) is 0 Å². The van der Waals surface area contributed by atoms with Crippen LogP contribution in [0.3, 0.4) is 0 Å². The van der Waals surface area contributed by atoms with E-state index < -0.39 is 0 Å². The van der Waals surface area contributed by atoms with Gasteiger partial charge in [-0.25, -0.2) is 4.98 Å². The van der Waals surface area contributed by atoms with Crippen LogP contribution in [-0.4, -0.2) is 34.5 Å². The average Bonchev–Trinajstić information content (AvgIpc) is 3.07. The molecule has 0 saturated carbocycles. The third-order valence-corrected chi connectivity index (χ3v) is 4.63. The van der Waals surface area contributed by atoms with Gasteiger partial charge in [-0.3, -0.25) is 9.59 Å². The standard InChI is InChI=1S/C23H28N4O3/c1-3-7-22(28)24-15-14-21-26-19-8-5-6-9-20(19)27(21)16-23(29)25-17-10-12-18(13-11-17)30-4-2/h5-6,8-13H,3-4,7,14-16H2,1-2H3,(H,24,28)(H,25,29). The Morgan fingerprint density at radius 2 is 1.80 bits per heavy atom. The maximum absolute atomic E-state index is 12.7. The lowest BCUT2D eigenvalue weighted by Crippen LogP contribution is -2.27. The van der Waals surface area contributed by atoms with Crippen LogP contribution in [0.2, 0.25) is 0 Å². The van der Waals surface area contributed by atoms with Gasteiger partial charge in [0.1, 0.15) is 18.1 Å². The van der Waals surface area contributed by atoms with Crippen molar-refractivity contribution in [2.24, 2.45) is 0 Å². The summed E-state index contributed by atoms with van der Waals surface area (Å²) in [6, 6.07) is 15.0. The number of rotatable bonds is 10. The van der Waals surface area contributed by atoms with Crippen molar-refractivity contribution in [2.75, 3.05) is 18.5 Å². The quantitative estimate of drug-likeness (QED) is 0.537. The van der Waals surface area contributed by atoms with Crippen LogP contribution in [-0.2, 0) is 22.6 Å². The molecule has 0 aliphatic carbocycles. The Morgan fingerprint density at radius 1 is 1.03 bits per heavy atom. The van der Waals surface area contributed by atoms with Crippen LogP contribution < -0.4 is 15.4 Å². The highest BCUT2D eigenvalue weighted by Gasteiger charge is 2.14. The van der Waals surface area contributed by atoms with Crippen LogP contribution in [0.1, 0.15) is 32.5 Å². The minimum Gasteiger partial charge on any atom is -0.494 e. The predicted octanol–water partition coefficient (Wildman–Crippen LogP) is 3.53. The summed E-state index contributed by atoms with van der Waals surface area (Å²) in [7, 11) is 0. The molecule has 0 aliphatic rings. The lowest BCUT2D eigenvalue weighted by atomic mass is 10.3. The third-order valence-electron chi connectivity index (χ3n) is 4.63. The fourth-order valence-corrected chi connectivity index (χ4v) is 3.27. The van der Waals surface area contributed by atoms with Gasteiger partial charge in [-0.15, -0.1) is 0 Å². The van der Waals surface area contributed by atoms with Crippen LogP contribution in [0.4, 0.5) is 5.69 Å². The molecule has 0 aliphatic heterocycles. The van der Waals surface area contributed by atoms with Crippen LogP contribution in [0.25, 0.3) is 11.0 Å². The summed E-state index contributed by atoms with van der Waals surface area (Å²) in [6.45, 7) is 5.13. The van der Waals surface area contributed by atoms with Crippen LogP contribution in [0, 0.1) is 0 Å². The zero-order valence-corrected chi connectivity index (χ0v) is 17.5. The predicted molar refractivity (Wildman–Crippen MR) is 118 cm³/mol. The Balaban J connectivity index is 1.70. The van der Waals surface area contributed by atoms with E-state index in [-0.39, 0.29) is 18.4 Å². The van der Waals surface area contributed by atoms with E-state index in [1.807, 2.05) is 66.9 Å². The second-order valence-electron chi connectivity index (χ2n) is 6.96. The van der Waals surface area contributed by atoms with E-state index >= 15 is 0 Å². The molecule has 2 N–H and O–H groups in total. The number of ether oxygens (including phenoxy) is 1. The van der Waals surface area contributed by atoms with E-state index in [2.05, 4.69) is 15.6 Å². The summed E-state index contributed by atoms with van der Waals surface area (Å²) in [4.78, 5) is 29.1. The molecule has 0 unspecified atom stereocenters. The molecule has 7 nitrogen and oxygen atoms in total. The minimum absolute atomic E-state index is 0.0356. The van der Waals surface area contributed by atoms with Crippen molar-refractivity contribution in [2.45, 2.75) is 39.7 Å². The van der Waals surface area contributed by atoms with E-state index in [4.69, 9.17) is 4.74 Å². The van der Waals surface area contributed by atoms with Crippen molar-refractivity contribution in [3.63, 3.8) is 0 Å². The average molecular weight is 409 g/mol. The monoisotopic (exact) mass is 408 g/mol. The number of nitrogens with one attached hydrogen (secondary N) is 2. The van der Waals surface area contributed by atoms with Crippen molar-refractivity contribution < 1.29 is 14.3 Å². The number of anilines is 1. The largest absolute Gasteiger partial charge is 0.494 e. The van der Waals surface area contributed by atoms with Gasteiger partial charge in [-0.1, -0.05) is 19.1 Å². The molecule has 1 heterocycles. The molecular weight excluding hydrogens is 380 g/mol. The maximum atomic E-state index is 12.7. The first-order chi connectivity index (χ1) is 14.6. The normalized spacial score (nSPS) is 10.7. The molecule has 0 spiro atoms. The maximum Gasteiger partial charge on any atom is 0.244 e. The van der Waals surface area contributed by atoms with Gasteiger partial charge in [-0.05, 0) is 49.7 Å². The Bertz CT molecular complexity index is 995. The number of benzene rings is 2. The summed E-state index contributed by atoms with van der Waals surface area (Å²) in [5, 5.41) is 5.83. The van der Waals surface area contributed by atoms with Crippen molar-refractivity contribution in [3.05, 3.63) is 54.4 Å². The van der Waals surface area contributed by atoms with E-state index in [9.17, 15) is 9.59 Å². The molecule has 2 amide bonds. The summed E-state index contributed by atoms with van der Waals surface area (Å²) >= 11 is 0. The topological polar surface area (TPSA) is 85.2 Å². The van der Waals surface area contributed by atoms with Crippen molar-refractivity contribution in [3.8, 4) is 5.75 Å². The van der Waals surface area contributed by atoms with Gasteiger partial charge in [0.2, 0.25) is 11.8 Å². The number of hydrogen-bond donors (Lipinski definition) is 2. The number of para-hydroxylation sites is 2. The first kappa shape index (κ1) is 21.4. The Hall–Kier alpha value is -3.35. The number of imidazole rings is 1. The van der Waals surface area contributed by atoms with Crippen LogP contribution in [0.15, 0.2) is 48.5 Å². The molecular formula is C23H28N4O3. The minimum atomic E-state index is -0.140. The van der Waals surface area contributed by atoms with Gasteiger partial charge in [0.15, 0.2) is 0 Å². The third kappa shape index (κ3) is 5.59. The number of hydrogen-bond acceptors (Lipinski definition) is 4. The summed E-state index contributed by atoms with van der Waals surface area (Å²) < 4.78 is 7.34. The molecule has 0 atom stereocenters. The summed E-state index contributed by atoms with van der Waals surface area (Å²) in [5.41, 5.74) is 2.44. The highest BCUT2D eigenvalue weighted by atomic mass is 16.5. The van der Waals surface area contributed by atoms with Gasteiger partial charge in [0.05, 0.1) is 17.6 Å². The number of amides is 2. The van der Waals surface area contributed by atoms with E-state index in [0.717, 1.165) is 29.0 Å². The second-order valence-corrected chi connectivity index (χ2v) is 6.96. The van der Waals surface area contributed by atoms with Gasteiger partial charge in [0.25, 0.3) is 0 Å². The van der Waals surface area contributed by atoms with Gasteiger partial charge < -0.3 is 19.9 Å². The van der Waals surface area contributed by atoms with E-state index in [1.165, 1.54) is 0 Å². The zero-order chi connectivity index (χ0) is 21.3. The van der Waals surface area contributed by atoms with Crippen LogP contribution >= 0.6 is 0 Å². The molecule has 1 aromatic heterocycles. The second kappa shape index (κ2) is 10.4. The highest BCUT2D eigenvalue weighted by Crippen LogP contribution is 2.18.